The van der Waals surface area contributed by atoms with Crippen LogP contribution in [-0.2, 0) is 0 Å². The number of nitrogens with zero attached hydrogens (tertiary/aromatic N) is 6. The van der Waals surface area contributed by atoms with Crippen LogP contribution >= 0.6 is 23.2 Å². The lowest BCUT2D eigenvalue weighted by atomic mass is 10.3. The van der Waals surface area contributed by atoms with Crippen molar-refractivity contribution in [1.82, 2.24) is 19.9 Å². The molecule has 0 radical (unpaired) electrons. The van der Waals surface area contributed by atoms with E-state index in [1.54, 1.807) is 0 Å². The van der Waals surface area contributed by atoms with Gasteiger partial charge in [0, 0.05) is 26.2 Å². The lowest BCUT2D eigenvalue weighted by molar-refractivity contribution is 1.11. The van der Waals surface area contributed by atoms with Crippen molar-refractivity contribution in [3.8, 4) is 0 Å². The Morgan fingerprint density at radius 3 is 1.39 bits per heavy atom. The average Bonchev–Trinajstić information content (AvgIpc) is 3.19. The average molecular weight is 283 g/mol. The maximum atomic E-state index is 5.98. The minimum absolute atomic E-state index is 0.221. The molecule has 0 aliphatic carbocycles. The van der Waals surface area contributed by atoms with E-state index in [9.17, 15) is 0 Å². The highest BCUT2D eigenvalue weighted by molar-refractivity contribution is 6.30. The molecule has 2 aromatic heterocycles. The number of fused-ring (bicyclic) bond motifs is 1. The Labute approximate surface area is 113 Å². The second-order valence-electron chi connectivity index (χ2n) is 4.30. The maximum Gasteiger partial charge on any atom is 0.225 e. The Balaban J connectivity index is 2.05. The van der Waals surface area contributed by atoms with Crippen molar-refractivity contribution in [2.45, 2.75) is 0 Å². The van der Waals surface area contributed by atoms with Gasteiger partial charge in [-0.15, -0.1) is 0 Å². The van der Waals surface area contributed by atoms with E-state index in [1.165, 1.54) is 0 Å². The van der Waals surface area contributed by atoms with Gasteiger partial charge in [0.1, 0.15) is 11.0 Å². The zero-order valence-electron chi connectivity index (χ0n) is 9.27. The number of anilines is 2. The lowest BCUT2D eigenvalue weighted by Crippen LogP contribution is -2.05. The van der Waals surface area contributed by atoms with Crippen LogP contribution in [0.4, 0.5) is 11.6 Å². The fourth-order valence-corrected chi connectivity index (χ4v) is 2.23. The molecular weight excluding hydrogens is 275 g/mol. The van der Waals surface area contributed by atoms with Gasteiger partial charge in [0.15, 0.2) is 11.6 Å². The van der Waals surface area contributed by atoms with Crippen LogP contribution in [-0.4, -0.2) is 46.1 Å². The first-order valence-corrected chi connectivity index (χ1v) is 6.38. The molecule has 4 rings (SSSR count). The van der Waals surface area contributed by atoms with E-state index in [1.807, 2.05) is 0 Å². The van der Waals surface area contributed by atoms with Gasteiger partial charge in [-0.1, -0.05) is 0 Å². The minimum Gasteiger partial charge on any atom is -0.351 e. The van der Waals surface area contributed by atoms with Crippen molar-refractivity contribution in [3.63, 3.8) is 0 Å². The summed E-state index contributed by atoms with van der Waals surface area (Å²) in [4.78, 5) is 21.1. The smallest absolute Gasteiger partial charge is 0.225 e. The second-order valence-corrected chi connectivity index (χ2v) is 4.98. The molecule has 2 aliphatic heterocycles. The molecule has 2 aromatic rings. The summed E-state index contributed by atoms with van der Waals surface area (Å²) in [7, 11) is 0. The van der Waals surface area contributed by atoms with Crippen molar-refractivity contribution in [1.29, 1.82) is 0 Å². The highest BCUT2D eigenvalue weighted by Gasteiger charge is 2.29. The Kier molecular flexibility index (Phi) is 2.07. The van der Waals surface area contributed by atoms with Gasteiger partial charge in [-0.2, -0.15) is 9.97 Å². The molecule has 0 spiro atoms. The van der Waals surface area contributed by atoms with E-state index >= 15 is 0 Å². The third-order valence-electron chi connectivity index (χ3n) is 2.95. The van der Waals surface area contributed by atoms with Gasteiger partial charge < -0.3 is 9.80 Å². The van der Waals surface area contributed by atoms with Gasteiger partial charge in [0.25, 0.3) is 0 Å². The van der Waals surface area contributed by atoms with Crippen molar-refractivity contribution in [2.75, 3.05) is 36.0 Å². The van der Waals surface area contributed by atoms with Crippen molar-refractivity contribution in [3.05, 3.63) is 10.6 Å². The second kappa shape index (κ2) is 3.55. The van der Waals surface area contributed by atoms with Crippen molar-refractivity contribution < 1.29 is 0 Å². The van der Waals surface area contributed by atoms with Gasteiger partial charge in [-0.25, -0.2) is 9.97 Å². The minimum atomic E-state index is 0.221. The first kappa shape index (κ1) is 10.5. The molecule has 2 saturated heterocycles. The van der Waals surface area contributed by atoms with E-state index in [0.717, 1.165) is 37.8 Å². The fraction of sp³-hybridized carbons (Fsp3) is 0.400. The number of aromatic nitrogens is 4. The third-order valence-corrected chi connectivity index (χ3v) is 3.28. The zero-order valence-corrected chi connectivity index (χ0v) is 10.8. The molecule has 92 valence electrons. The lowest BCUT2D eigenvalue weighted by Gasteiger charge is -2.10. The fourth-order valence-electron chi connectivity index (χ4n) is 1.90. The Hall–Kier alpha value is -1.40. The molecule has 6 nitrogen and oxygen atoms in total. The predicted octanol–water partition coefficient (Wildman–Crippen LogP) is 1.37. The topological polar surface area (TPSA) is 57.6 Å². The molecule has 0 aromatic carbocycles. The highest BCUT2D eigenvalue weighted by atomic mass is 35.5. The molecule has 0 bridgehead atoms. The van der Waals surface area contributed by atoms with Gasteiger partial charge in [0.05, 0.1) is 0 Å². The Bertz CT molecular complexity index is 595. The maximum absolute atomic E-state index is 5.98. The van der Waals surface area contributed by atoms with Gasteiger partial charge in [-0.3, -0.25) is 0 Å². The van der Waals surface area contributed by atoms with Gasteiger partial charge in [0.2, 0.25) is 10.6 Å². The van der Waals surface area contributed by atoms with Crippen molar-refractivity contribution >= 4 is 45.9 Å². The summed E-state index contributed by atoms with van der Waals surface area (Å²) >= 11 is 12.0. The van der Waals surface area contributed by atoms with Crippen LogP contribution < -0.4 is 9.80 Å². The molecule has 2 fully saturated rings. The van der Waals surface area contributed by atoms with Gasteiger partial charge in [-0.05, 0) is 23.2 Å². The molecule has 8 heteroatoms. The van der Waals surface area contributed by atoms with Crippen LogP contribution in [0.2, 0.25) is 10.6 Å². The van der Waals surface area contributed by atoms with Crippen molar-refractivity contribution in [2.24, 2.45) is 0 Å². The standard InChI is InChI=1S/C10H8Cl2N6/c11-9-14-6-5(7(15-9)17-1-2-17)13-10(12)16-8(6)18-3-4-18/h1-4H2. The number of hydrogen-bond donors (Lipinski definition) is 0. The summed E-state index contributed by atoms with van der Waals surface area (Å²) in [6, 6.07) is 0. The van der Waals surface area contributed by atoms with Crippen LogP contribution in [0, 0.1) is 0 Å². The molecule has 2 aliphatic rings. The molecule has 0 atom stereocenters. The van der Waals surface area contributed by atoms with E-state index in [4.69, 9.17) is 23.2 Å². The third kappa shape index (κ3) is 1.64. The predicted molar refractivity (Wildman–Crippen MR) is 69.6 cm³/mol. The first-order valence-electron chi connectivity index (χ1n) is 5.63. The van der Waals surface area contributed by atoms with E-state index in [-0.39, 0.29) is 10.6 Å². The molecular formula is C10H8Cl2N6. The molecule has 0 unspecified atom stereocenters. The molecule has 4 heterocycles. The van der Waals surface area contributed by atoms with Gasteiger partial charge >= 0.3 is 0 Å². The zero-order chi connectivity index (χ0) is 12.3. The number of hydrogen-bond acceptors (Lipinski definition) is 6. The summed E-state index contributed by atoms with van der Waals surface area (Å²) in [5.74, 6) is 1.50. The summed E-state index contributed by atoms with van der Waals surface area (Å²) in [5.41, 5.74) is 1.36. The molecule has 0 saturated carbocycles. The Morgan fingerprint density at radius 2 is 1.06 bits per heavy atom. The quantitative estimate of drug-likeness (QED) is 0.613. The van der Waals surface area contributed by atoms with Crippen LogP contribution in [0.5, 0.6) is 0 Å². The number of halogens is 2. The van der Waals surface area contributed by atoms with E-state index in [0.29, 0.717) is 11.0 Å². The Morgan fingerprint density at radius 1 is 0.667 bits per heavy atom. The van der Waals surface area contributed by atoms with Crippen LogP contribution in [0.15, 0.2) is 0 Å². The summed E-state index contributed by atoms with van der Waals surface area (Å²) in [5, 5.41) is 0.442. The first-order chi connectivity index (χ1) is 8.72. The number of rotatable bonds is 2. The summed E-state index contributed by atoms with van der Waals surface area (Å²) in [6.45, 7) is 3.85. The van der Waals surface area contributed by atoms with E-state index < -0.39 is 0 Å². The normalized spacial score (nSPS) is 17.4. The summed E-state index contributed by atoms with van der Waals surface area (Å²) < 4.78 is 0. The SMILES string of the molecule is Clc1nc(N2CC2)c2nc(Cl)nc(N3CC3)c2n1. The van der Waals surface area contributed by atoms with Crippen LogP contribution in [0.1, 0.15) is 0 Å². The summed E-state index contributed by atoms with van der Waals surface area (Å²) in [6.07, 6.45) is 0. The van der Waals surface area contributed by atoms with Crippen LogP contribution in [0.25, 0.3) is 11.0 Å². The molecule has 0 amide bonds. The monoisotopic (exact) mass is 282 g/mol. The van der Waals surface area contributed by atoms with E-state index in [2.05, 4.69) is 29.7 Å². The molecule has 0 N–H and O–H groups in total. The largest absolute Gasteiger partial charge is 0.351 e. The van der Waals surface area contributed by atoms with Crippen LogP contribution in [0.3, 0.4) is 0 Å². The molecule has 18 heavy (non-hydrogen) atoms. The highest BCUT2D eigenvalue weighted by Crippen LogP contribution is 2.34.